The average molecular weight is 266 g/mol. The van der Waals surface area contributed by atoms with Gasteiger partial charge in [0.1, 0.15) is 6.42 Å². The molecule has 0 aliphatic heterocycles. The van der Waals surface area contributed by atoms with Crippen molar-refractivity contribution in [1.82, 2.24) is 0 Å². The van der Waals surface area contributed by atoms with Crippen molar-refractivity contribution < 1.29 is 19.6 Å². The first-order valence-corrected chi connectivity index (χ1v) is 5.41. The van der Waals surface area contributed by atoms with Gasteiger partial charge in [-0.1, -0.05) is 0 Å². The van der Waals surface area contributed by atoms with E-state index in [0.29, 0.717) is 12.2 Å². The number of carbonyl (C=O) groups excluding carboxylic acids is 1. The summed E-state index contributed by atoms with van der Waals surface area (Å²) in [4.78, 5) is 19.9. The van der Waals surface area contributed by atoms with Crippen molar-refractivity contribution in [2.45, 2.75) is 20.0 Å². The van der Waals surface area contributed by atoms with Gasteiger partial charge in [0.2, 0.25) is 0 Å². The number of nitro benzene ring substituents is 1. The number of benzene rings is 1. The predicted molar refractivity (Wildman–Crippen MR) is 65.9 cm³/mol. The largest absolute Gasteiger partial charge is 0.465 e. The molecule has 1 aromatic rings. The SMILES string of the molecule is CCOC(=O)CC#N.O=[N+]([O-])c1ccc(CO)cc1. The first kappa shape index (κ1) is 16.5. The Balaban J connectivity index is 0.000000362. The van der Waals surface area contributed by atoms with Gasteiger partial charge < -0.3 is 9.84 Å². The number of hydrogen-bond donors (Lipinski definition) is 1. The molecular weight excluding hydrogens is 252 g/mol. The Morgan fingerprint density at radius 1 is 1.47 bits per heavy atom. The average Bonchev–Trinajstić information content (AvgIpc) is 2.40. The zero-order valence-corrected chi connectivity index (χ0v) is 10.4. The number of rotatable bonds is 4. The van der Waals surface area contributed by atoms with Gasteiger partial charge in [-0.05, 0) is 24.6 Å². The number of esters is 1. The van der Waals surface area contributed by atoms with Gasteiger partial charge in [-0.3, -0.25) is 14.9 Å². The second kappa shape index (κ2) is 9.56. The molecule has 1 N–H and O–H groups in total. The summed E-state index contributed by atoms with van der Waals surface area (Å²) in [5.74, 6) is -0.449. The van der Waals surface area contributed by atoms with Gasteiger partial charge in [0.15, 0.2) is 0 Å². The summed E-state index contributed by atoms with van der Waals surface area (Å²) < 4.78 is 4.42. The monoisotopic (exact) mass is 266 g/mol. The lowest BCUT2D eigenvalue weighted by atomic mass is 10.2. The molecule has 0 aliphatic carbocycles. The highest BCUT2D eigenvalue weighted by atomic mass is 16.6. The molecule has 0 amide bonds. The van der Waals surface area contributed by atoms with Gasteiger partial charge >= 0.3 is 5.97 Å². The molecule has 0 atom stereocenters. The normalized spacial score (nSPS) is 8.68. The van der Waals surface area contributed by atoms with Crippen molar-refractivity contribution in [2.24, 2.45) is 0 Å². The van der Waals surface area contributed by atoms with Crippen LogP contribution >= 0.6 is 0 Å². The number of non-ortho nitro benzene ring substituents is 1. The molecule has 0 fully saturated rings. The smallest absolute Gasteiger partial charge is 0.320 e. The number of hydrogen-bond acceptors (Lipinski definition) is 6. The lowest BCUT2D eigenvalue weighted by Gasteiger charge is -1.93. The maximum absolute atomic E-state index is 10.2. The Hall–Kier alpha value is -2.46. The van der Waals surface area contributed by atoms with E-state index in [0.717, 1.165) is 0 Å². The summed E-state index contributed by atoms with van der Waals surface area (Å²) in [7, 11) is 0. The van der Waals surface area contributed by atoms with Crippen molar-refractivity contribution in [3.8, 4) is 6.07 Å². The number of ether oxygens (including phenoxy) is 1. The molecule has 1 rings (SSSR count). The molecule has 0 aromatic heterocycles. The minimum absolute atomic E-state index is 0.0437. The van der Waals surface area contributed by atoms with Gasteiger partial charge in [-0.15, -0.1) is 0 Å². The number of aliphatic hydroxyl groups is 1. The van der Waals surface area contributed by atoms with Crippen LogP contribution in [0.15, 0.2) is 24.3 Å². The lowest BCUT2D eigenvalue weighted by molar-refractivity contribution is -0.384. The molecule has 7 heteroatoms. The highest BCUT2D eigenvalue weighted by molar-refractivity contribution is 5.71. The number of carbonyl (C=O) groups is 1. The molecule has 0 aliphatic rings. The van der Waals surface area contributed by atoms with E-state index in [9.17, 15) is 14.9 Å². The summed E-state index contributed by atoms with van der Waals surface area (Å²) in [5.41, 5.74) is 0.720. The second-order valence-corrected chi connectivity index (χ2v) is 3.22. The topological polar surface area (TPSA) is 113 Å². The molecule has 0 saturated carbocycles. The summed E-state index contributed by atoms with van der Waals surface area (Å²) >= 11 is 0. The number of nitrogens with zero attached hydrogens (tertiary/aromatic N) is 2. The zero-order chi connectivity index (χ0) is 14.7. The predicted octanol–water partition coefficient (Wildman–Crippen LogP) is 1.55. The number of nitro groups is 1. The molecule has 0 radical (unpaired) electrons. The molecule has 1 aromatic carbocycles. The van der Waals surface area contributed by atoms with Crippen LogP contribution < -0.4 is 0 Å². The maximum Gasteiger partial charge on any atom is 0.320 e. The molecular formula is C12H14N2O5. The molecule has 0 unspecified atom stereocenters. The third-order valence-corrected chi connectivity index (χ3v) is 1.86. The molecule has 0 heterocycles. The van der Waals surface area contributed by atoms with Crippen LogP contribution in [0, 0.1) is 21.4 Å². The van der Waals surface area contributed by atoms with Crippen molar-refractivity contribution in [3.05, 3.63) is 39.9 Å². The molecule has 0 bridgehead atoms. The fourth-order valence-electron chi connectivity index (χ4n) is 1.000. The van der Waals surface area contributed by atoms with Crippen molar-refractivity contribution in [1.29, 1.82) is 5.26 Å². The molecule has 7 nitrogen and oxygen atoms in total. The van der Waals surface area contributed by atoms with Gasteiger partial charge in [0, 0.05) is 12.1 Å². The van der Waals surface area contributed by atoms with Crippen molar-refractivity contribution >= 4 is 11.7 Å². The molecule has 0 spiro atoms. The molecule has 19 heavy (non-hydrogen) atoms. The lowest BCUT2D eigenvalue weighted by Crippen LogP contribution is -2.01. The van der Waals surface area contributed by atoms with Crippen LogP contribution in [-0.2, 0) is 16.1 Å². The Morgan fingerprint density at radius 2 is 2.05 bits per heavy atom. The standard InChI is InChI=1S/C7H7NO3.C5H7NO2/c9-5-6-1-3-7(4-2-6)8(10)11;1-2-8-5(7)3-4-6/h1-4,9H,5H2;2-3H2,1H3. The molecule has 102 valence electrons. The van der Waals surface area contributed by atoms with Crippen LogP contribution in [0.5, 0.6) is 0 Å². The first-order chi connectivity index (χ1) is 9.04. The number of nitriles is 1. The van der Waals surface area contributed by atoms with Crippen LogP contribution in [-0.4, -0.2) is 22.6 Å². The number of aliphatic hydroxyl groups excluding tert-OH is 1. The van der Waals surface area contributed by atoms with E-state index in [1.54, 1.807) is 13.0 Å². The maximum atomic E-state index is 10.2. The van der Waals surface area contributed by atoms with Crippen LogP contribution in [0.25, 0.3) is 0 Å². The van der Waals surface area contributed by atoms with E-state index in [4.69, 9.17) is 10.4 Å². The second-order valence-electron chi connectivity index (χ2n) is 3.22. The van der Waals surface area contributed by atoms with E-state index in [2.05, 4.69) is 4.74 Å². The Kier molecular flexibility index (Phi) is 8.32. The minimum Gasteiger partial charge on any atom is -0.465 e. The van der Waals surface area contributed by atoms with Gasteiger partial charge in [-0.25, -0.2) is 0 Å². The van der Waals surface area contributed by atoms with Crippen molar-refractivity contribution in [2.75, 3.05) is 6.61 Å². The third kappa shape index (κ3) is 7.46. The Bertz CT molecular complexity index is 450. The summed E-state index contributed by atoms with van der Waals surface area (Å²) in [5, 5.41) is 26.7. The van der Waals surface area contributed by atoms with Crippen LogP contribution in [0.2, 0.25) is 0 Å². The highest BCUT2D eigenvalue weighted by Gasteiger charge is 2.02. The fraction of sp³-hybridized carbons (Fsp3) is 0.333. The van der Waals surface area contributed by atoms with Crippen molar-refractivity contribution in [3.63, 3.8) is 0 Å². The Labute approximate surface area is 110 Å². The van der Waals surface area contributed by atoms with E-state index in [1.165, 1.54) is 24.3 Å². The first-order valence-electron chi connectivity index (χ1n) is 5.41. The quantitative estimate of drug-likeness (QED) is 0.502. The van der Waals surface area contributed by atoms with E-state index >= 15 is 0 Å². The molecule has 0 saturated heterocycles. The van der Waals surface area contributed by atoms with Crippen LogP contribution in [0.1, 0.15) is 18.9 Å². The summed E-state index contributed by atoms with van der Waals surface area (Å²) in [6.45, 7) is 1.97. The Morgan fingerprint density at radius 3 is 2.42 bits per heavy atom. The van der Waals surface area contributed by atoms with Gasteiger partial charge in [0.05, 0.1) is 24.2 Å². The van der Waals surface area contributed by atoms with Gasteiger partial charge in [0.25, 0.3) is 5.69 Å². The van der Waals surface area contributed by atoms with E-state index in [1.807, 2.05) is 0 Å². The third-order valence-electron chi connectivity index (χ3n) is 1.86. The zero-order valence-electron chi connectivity index (χ0n) is 10.4. The van der Waals surface area contributed by atoms with E-state index in [-0.39, 0.29) is 18.7 Å². The summed E-state index contributed by atoms with van der Waals surface area (Å²) in [6, 6.07) is 7.46. The fourth-order valence-corrected chi connectivity index (χ4v) is 1.000. The van der Waals surface area contributed by atoms with Crippen LogP contribution in [0.3, 0.4) is 0 Å². The highest BCUT2D eigenvalue weighted by Crippen LogP contribution is 2.11. The van der Waals surface area contributed by atoms with Crippen LogP contribution in [0.4, 0.5) is 5.69 Å². The minimum atomic E-state index is -0.471. The van der Waals surface area contributed by atoms with Gasteiger partial charge in [-0.2, -0.15) is 5.26 Å². The summed E-state index contributed by atoms with van der Waals surface area (Å²) in [6.07, 6.45) is -0.145. The van der Waals surface area contributed by atoms with E-state index < -0.39 is 10.9 Å².